The summed E-state index contributed by atoms with van der Waals surface area (Å²) < 4.78 is 0. The Bertz CT molecular complexity index is 654. The minimum absolute atomic E-state index is 0.126. The predicted octanol–water partition coefficient (Wildman–Crippen LogP) is 2.39. The van der Waals surface area contributed by atoms with Gasteiger partial charge in [-0.1, -0.05) is 42.5 Å². The number of carbonyl (C=O) groups excluding carboxylic acids is 3. The van der Waals surface area contributed by atoms with Crippen molar-refractivity contribution in [2.45, 2.75) is 0 Å². The van der Waals surface area contributed by atoms with Crippen molar-refractivity contribution >= 4 is 17.8 Å². The van der Waals surface area contributed by atoms with E-state index in [1.807, 2.05) is 6.07 Å². The molecule has 0 aliphatic heterocycles. The van der Waals surface area contributed by atoms with Crippen LogP contribution in [0, 0.1) is 0 Å². The highest BCUT2D eigenvalue weighted by Gasteiger charge is 2.09. The Hall–Kier alpha value is -2.84. The molecule has 0 fully saturated rings. The van der Waals surface area contributed by atoms with Gasteiger partial charge in [-0.15, -0.1) is 4.99 Å². The van der Waals surface area contributed by atoms with Gasteiger partial charge in [-0.3, -0.25) is 9.59 Å². The van der Waals surface area contributed by atoms with Crippen LogP contribution in [0.1, 0.15) is 26.3 Å². The summed E-state index contributed by atoms with van der Waals surface area (Å²) in [6, 6.07) is 14.8. The van der Waals surface area contributed by atoms with Crippen molar-refractivity contribution in [1.29, 1.82) is 0 Å². The van der Waals surface area contributed by atoms with Gasteiger partial charge in [-0.05, 0) is 12.1 Å². The van der Waals surface area contributed by atoms with Gasteiger partial charge in [0.2, 0.25) is 6.08 Å². The summed E-state index contributed by atoms with van der Waals surface area (Å²) >= 11 is 0. The Morgan fingerprint density at radius 3 is 1.89 bits per heavy atom. The van der Waals surface area contributed by atoms with E-state index in [0.717, 1.165) is 0 Å². The number of carbonyl (C=O) groups is 2. The van der Waals surface area contributed by atoms with Gasteiger partial charge in [-0.25, -0.2) is 4.79 Å². The number of hydrogen-bond acceptors (Lipinski definition) is 3. The molecule has 19 heavy (non-hydrogen) atoms. The van der Waals surface area contributed by atoms with Crippen LogP contribution in [0.15, 0.2) is 59.6 Å². The molecular weight excluding hydrogens is 242 g/mol. The Morgan fingerprint density at radius 2 is 1.32 bits per heavy atom. The summed E-state index contributed by atoms with van der Waals surface area (Å²) in [4.78, 5) is 36.3. The average Bonchev–Trinajstić information content (AvgIpc) is 2.48. The molecule has 0 aromatic heterocycles. The van der Waals surface area contributed by atoms with E-state index in [9.17, 15) is 14.4 Å². The van der Waals surface area contributed by atoms with Crippen molar-refractivity contribution < 1.29 is 14.4 Å². The molecule has 0 aliphatic rings. The number of benzene rings is 2. The number of rotatable bonds is 3. The molecule has 2 rings (SSSR count). The van der Waals surface area contributed by atoms with Crippen molar-refractivity contribution in [1.82, 2.24) is 0 Å². The highest BCUT2D eigenvalue weighted by molar-refractivity contribution is 6.09. The zero-order valence-electron chi connectivity index (χ0n) is 9.87. The molecule has 0 heterocycles. The lowest BCUT2D eigenvalue weighted by molar-refractivity contribution is 0.0999. The summed E-state index contributed by atoms with van der Waals surface area (Å²) in [5, 5.41) is 0. The normalized spacial score (nSPS) is 9.47. The Kier molecular flexibility index (Phi) is 3.76. The SMILES string of the molecule is O=C=NC(=O)c1ccc(C(=O)c2ccccc2)cc1. The maximum Gasteiger partial charge on any atom is 0.287 e. The minimum Gasteiger partial charge on any atom is -0.289 e. The van der Waals surface area contributed by atoms with Crippen LogP contribution >= 0.6 is 0 Å². The Balaban J connectivity index is 2.26. The third-order valence-electron chi connectivity index (χ3n) is 2.58. The monoisotopic (exact) mass is 251 g/mol. The molecule has 0 bridgehead atoms. The van der Waals surface area contributed by atoms with Crippen molar-refractivity contribution in [3.8, 4) is 0 Å². The van der Waals surface area contributed by atoms with Gasteiger partial charge in [-0.2, -0.15) is 0 Å². The molecule has 2 aromatic rings. The van der Waals surface area contributed by atoms with Crippen LogP contribution in [-0.2, 0) is 4.79 Å². The zero-order chi connectivity index (χ0) is 13.7. The third kappa shape index (κ3) is 2.89. The van der Waals surface area contributed by atoms with E-state index >= 15 is 0 Å². The summed E-state index contributed by atoms with van der Waals surface area (Å²) in [6.45, 7) is 0. The third-order valence-corrected chi connectivity index (χ3v) is 2.58. The number of amides is 1. The molecule has 0 radical (unpaired) electrons. The average molecular weight is 251 g/mol. The van der Waals surface area contributed by atoms with E-state index in [0.29, 0.717) is 11.1 Å². The van der Waals surface area contributed by atoms with Crippen LogP contribution in [0.25, 0.3) is 0 Å². The number of aliphatic imine (C=N–C) groups is 1. The number of nitrogens with zero attached hydrogens (tertiary/aromatic N) is 1. The van der Waals surface area contributed by atoms with Crippen LogP contribution in [0.3, 0.4) is 0 Å². The molecular formula is C15H9NO3. The first-order valence-corrected chi connectivity index (χ1v) is 5.54. The maximum absolute atomic E-state index is 12.1. The van der Waals surface area contributed by atoms with Gasteiger partial charge < -0.3 is 0 Å². The number of ketones is 1. The topological polar surface area (TPSA) is 63.6 Å². The van der Waals surface area contributed by atoms with Gasteiger partial charge in [0.1, 0.15) is 0 Å². The smallest absolute Gasteiger partial charge is 0.287 e. The molecule has 2 aromatic carbocycles. The molecule has 4 nitrogen and oxygen atoms in total. The molecule has 0 saturated heterocycles. The fourth-order valence-corrected chi connectivity index (χ4v) is 1.63. The van der Waals surface area contributed by atoms with Crippen molar-refractivity contribution in [3.05, 3.63) is 71.3 Å². The maximum atomic E-state index is 12.1. The van der Waals surface area contributed by atoms with Crippen LogP contribution < -0.4 is 0 Å². The second kappa shape index (κ2) is 5.67. The molecule has 0 saturated carbocycles. The van der Waals surface area contributed by atoms with E-state index < -0.39 is 5.91 Å². The number of hydrogen-bond donors (Lipinski definition) is 0. The molecule has 0 atom stereocenters. The van der Waals surface area contributed by atoms with Gasteiger partial charge in [0.05, 0.1) is 0 Å². The first-order valence-electron chi connectivity index (χ1n) is 5.54. The summed E-state index contributed by atoms with van der Waals surface area (Å²) in [5.74, 6) is -0.799. The standard InChI is InChI=1S/C15H9NO3/c17-10-16-15(19)13-8-6-12(7-9-13)14(18)11-4-2-1-3-5-11/h1-9H. The molecule has 0 unspecified atom stereocenters. The molecule has 0 N–H and O–H groups in total. The van der Waals surface area contributed by atoms with E-state index in [4.69, 9.17) is 0 Å². The summed E-state index contributed by atoms with van der Waals surface area (Å²) in [5.41, 5.74) is 1.29. The minimum atomic E-state index is -0.672. The molecule has 4 heteroatoms. The molecule has 0 spiro atoms. The van der Waals surface area contributed by atoms with Crippen LogP contribution in [0.5, 0.6) is 0 Å². The molecule has 92 valence electrons. The zero-order valence-corrected chi connectivity index (χ0v) is 9.87. The summed E-state index contributed by atoms with van der Waals surface area (Å²) in [7, 11) is 0. The Labute approximate surface area is 109 Å². The van der Waals surface area contributed by atoms with E-state index in [2.05, 4.69) is 4.99 Å². The van der Waals surface area contributed by atoms with Crippen molar-refractivity contribution in [2.24, 2.45) is 4.99 Å². The fraction of sp³-hybridized carbons (Fsp3) is 0. The number of isocyanates is 1. The highest BCUT2D eigenvalue weighted by Crippen LogP contribution is 2.11. The van der Waals surface area contributed by atoms with Gasteiger partial charge in [0.15, 0.2) is 5.78 Å². The second-order valence-electron chi connectivity index (χ2n) is 3.78. The first kappa shape index (κ1) is 12.6. The van der Waals surface area contributed by atoms with Gasteiger partial charge in [0.25, 0.3) is 5.91 Å². The van der Waals surface area contributed by atoms with Crippen LogP contribution in [0.4, 0.5) is 0 Å². The van der Waals surface area contributed by atoms with Crippen molar-refractivity contribution in [3.63, 3.8) is 0 Å². The summed E-state index contributed by atoms with van der Waals surface area (Å²) in [6.07, 6.45) is 1.19. The molecule has 1 amide bonds. The lowest BCUT2D eigenvalue weighted by Gasteiger charge is -2.01. The Morgan fingerprint density at radius 1 is 0.789 bits per heavy atom. The van der Waals surface area contributed by atoms with Gasteiger partial charge >= 0.3 is 0 Å². The first-order chi connectivity index (χ1) is 9.22. The quantitative estimate of drug-likeness (QED) is 0.478. The second-order valence-corrected chi connectivity index (χ2v) is 3.78. The lowest BCUT2D eigenvalue weighted by atomic mass is 10.0. The van der Waals surface area contributed by atoms with E-state index in [-0.39, 0.29) is 11.3 Å². The lowest BCUT2D eigenvalue weighted by Crippen LogP contribution is -2.02. The fourth-order valence-electron chi connectivity index (χ4n) is 1.63. The van der Waals surface area contributed by atoms with Crippen LogP contribution in [0.2, 0.25) is 0 Å². The predicted molar refractivity (Wildman–Crippen MR) is 68.8 cm³/mol. The largest absolute Gasteiger partial charge is 0.289 e. The molecule has 0 aliphatic carbocycles. The highest BCUT2D eigenvalue weighted by atomic mass is 16.2. The van der Waals surface area contributed by atoms with E-state index in [1.165, 1.54) is 30.3 Å². The van der Waals surface area contributed by atoms with Crippen LogP contribution in [-0.4, -0.2) is 17.8 Å². The van der Waals surface area contributed by atoms with Gasteiger partial charge in [0, 0.05) is 16.7 Å². The van der Waals surface area contributed by atoms with E-state index in [1.54, 1.807) is 24.3 Å². The van der Waals surface area contributed by atoms with Crippen molar-refractivity contribution in [2.75, 3.05) is 0 Å².